The molecule has 1 unspecified atom stereocenters. The summed E-state index contributed by atoms with van der Waals surface area (Å²) in [5, 5.41) is 22.7. The van der Waals surface area contributed by atoms with Crippen molar-refractivity contribution in [1.82, 2.24) is 5.32 Å². The Hall–Kier alpha value is -2.15. The number of rotatable bonds is 5. The first-order valence-corrected chi connectivity index (χ1v) is 6.93. The van der Waals surface area contributed by atoms with E-state index in [1.54, 1.807) is 12.1 Å². The van der Waals surface area contributed by atoms with Crippen molar-refractivity contribution in [1.29, 1.82) is 0 Å². The molecule has 114 valence electrons. The van der Waals surface area contributed by atoms with Crippen molar-refractivity contribution in [3.05, 3.63) is 33.9 Å². The van der Waals surface area contributed by atoms with Gasteiger partial charge in [-0.05, 0) is 30.9 Å². The van der Waals surface area contributed by atoms with Gasteiger partial charge in [-0.2, -0.15) is 0 Å². The predicted molar refractivity (Wildman–Crippen MR) is 78.5 cm³/mol. The van der Waals surface area contributed by atoms with Crippen molar-refractivity contribution in [2.45, 2.75) is 12.8 Å². The number of nitrogens with zero attached hydrogens (tertiary/aromatic N) is 2. The zero-order valence-corrected chi connectivity index (χ0v) is 11.9. The third-order valence-corrected chi connectivity index (χ3v) is 3.83. The van der Waals surface area contributed by atoms with Crippen LogP contribution in [0.4, 0.5) is 11.4 Å². The normalized spacial score (nSPS) is 17.8. The molecule has 1 aliphatic rings. The van der Waals surface area contributed by atoms with Crippen LogP contribution in [0, 0.1) is 16.0 Å². The molecular weight excluding hydrogens is 274 g/mol. The molecule has 7 heteroatoms. The summed E-state index contributed by atoms with van der Waals surface area (Å²) in [4.78, 5) is 24.3. The number of nitro benzene ring substituents is 1. The Morgan fingerprint density at radius 2 is 2.33 bits per heavy atom. The number of nitro groups is 1. The molecule has 0 radical (unpaired) electrons. The van der Waals surface area contributed by atoms with Gasteiger partial charge in [-0.25, -0.2) is 0 Å². The average Bonchev–Trinajstić information content (AvgIpc) is 2.94. The number of carbonyl (C=O) groups is 1. The monoisotopic (exact) mass is 293 g/mol. The lowest BCUT2D eigenvalue weighted by Gasteiger charge is -2.19. The van der Waals surface area contributed by atoms with Crippen LogP contribution in [0.2, 0.25) is 0 Å². The highest BCUT2D eigenvalue weighted by molar-refractivity contribution is 5.95. The van der Waals surface area contributed by atoms with E-state index in [-0.39, 0.29) is 23.8 Å². The summed E-state index contributed by atoms with van der Waals surface area (Å²) in [6.07, 6.45) is 1.62. The SMILES string of the molecule is CNC(=O)c1ccc(N2CCC(CCO)C2)c([N+](=O)[O-])c1. The van der Waals surface area contributed by atoms with Crippen molar-refractivity contribution < 1.29 is 14.8 Å². The smallest absolute Gasteiger partial charge is 0.293 e. The standard InChI is InChI=1S/C14H19N3O4/c1-15-14(19)11-2-3-12(13(8-11)17(20)21)16-6-4-10(9-16)5-7-18/h2-3,8,10,18H,4-7,9H2,1H3,(H,15,19). The van der Waals surface area contributed by atoms with E-state index in [0.717, 1.165) is 13.0 Å². The molecule has 1 fully saturated rings. The lowest BCUT2D eigenvalue weighted by Crippen LogP contribution is -2.22. The molecular formula is C14H19N3O4. The van der Waals surface area contributed by atoms with E-state index < -0.39 is 4.92 Å². The lowest BCUT2D eigenvalue weighted by atomic mass is 10.1. The summed E-state index contributed by atoms with van der Waals surface area (Å²) < 4.78 is 0. The van der Waals surface area contributed by atoms with Crippen LogP contribution in [-0.2, 0) is 0 Å². The van der Waals surface area contributed by atoms with Crippen LogP contribution in [0.25, 0.3) is 0 Å². The molecule has 0 aromatic heterocycles. The molecule has 0 aliphatic carbocycles. The highest BCUT2D eigenvalue weighted by Gasteiger charge is 2.28. The van der Waals surface area contributed by atoms with Gasteiger partial charge in [0.25, 0.3) is 11.6 Å². The summed E-state index contributed by atoms with van der Waals surface area (Å²) in [6, 6.07) is 4.54. The highest BCUT2D eigenvalue weighted by Crippen LogP contribution is 2.33. The van der Waals surface area contributed by atoms with Crippen molar-refractivity contribution in [3.8, 4) is 0 Å². The van der Waals surface area contributed by atoms with Gasteiger partial charge in [-0.3, -0.25) is 14.9 Å². The maximum absolute atomic E-state index is 11.6. The Morgan fingerprint density at radius 3 is 2.95 bits per heavy atom. The zero-order valence-electron chi connectivity index (χ0n) is 11.9. The van der Waals surface area contributed by atoms with Gasteiger partial charge in [-0.15, -0.1) is 0 Å². The second kappa shape index (κ2) is 6.53. The number of hydrogen-bond acceptors (Lipinski definition) is 5. The number of aliphatic hydroxyl groups excluding tert-OH is 1. The fraction of sp³-hybridized carbons (Fsp3) is 0.500. The van der Waals surface area contributed by atoms with Crippen LogP contribution in [-0.4, -0.2) is 42.7 Å². The van der Waals surface area contributed by atoms with Crippen LogP contribution in [0.15, 0.2) is 18.2 Å². The molecule has 1 atom stereocenters. The molecule has 1 saturated heterocycles. The van der Waals surface area contributed by atoms with Crippen molar-refractivity contribution in [2.75, 3.05) is 31.6 Å². The largest absolute Gasteiger partial charge is 0.396 e. The van der Waals surface area contributed by atoms with Crippen LogP contribution >= 0.6 is 0 Å². The van der Waals surface area contributed by atoms with E-state index in [1.807, 2.05) is 4.90 Å². The minimum Gasteiger partial charge on any atom is -0.396 e. The minimum atomic E-state index is -0.457. The molecule has 2 N–H and O–H groups in total. The van der Waals surface area contributed by atoms with E-state index in [1.165, 1.54) is 13.1 Å². The second-order valence-electron chi connectivity index (χ2n) is 5.15. The molecule has 2 rings (SSSR count). The van der Waals surface area contributed by atoms with Gasteiger partial charge in [0.05, 0.1) is 4.92 Å². The Kier molecular flexibility index (Phi) is 4.74. The van der Waals surface area contributed by atoms with Gasteiger partial charge in [0.15, 0.2) is 0 Å². The summed E-state index contributed by atoms with van der Waals surface area (Å²) in [6.45, 7) is 1.56. The van der Waals surface area contributed by atoms with Crippen LogP contribution in [0.3, 0.4) is 0 Å². The second-order valence-corrected chi connectivity index (χ2v) is 5.15. The third-order valence-electron chi connectivity index (χ3n) is 3.83. The van der Waals surface area contributed by atoms with Gasteiger partial charge >= 0.3 is 0 Å². The highest BCUT2D eigenvalue weighted by atomic mass is 16.6. The Labute approximate surface area is 122 Å². The zero-order chi connectivity index (χ0) is 15.4. The summed E-state index contributed by atoms with van der Waals surface area (Å²) in [7, 11) is 1.49. The predicted octanol–water partition coefficient (Wildman–Crippen LogP) is 1.16. The average molecular weight is 293 g/mol. The molecule has 1 amide bonds. The van der Waals surface area contributed by atoms with Gasteiger partial charge in [0.1, 0.15) is 5.69 Å². The first-order chi connectivity index (χ1) is 10.1. The molecule has 21 heavy (non-hydrogen) atoms. The number of hydrogen-bond donors (Lipinski definition) is 2. The molecule has 0 spiro atoms. The van der Waals surface area contributed by atoms with Gasteiger partial charge < -0.3 is 15.3 Å². The molecule has 1 aliphatic heterocycles. The van der Waals surface area contributed by atoms with Crippen LogP contribution in [0.1, 0.15) is 23.2 Å². The Balaban J connectivity index is 2.27. The quantitative estimate of drug-likeness (QED) is 0.627. The molecule has 7 nitrogen and oxygen atoms in total. The van der Waals surface area contributed by atoms with Gasteiger partial charge in [0.2, 0.25) is 0 Å². The maximum Gasteiger partial charge on any atom is 0.293 e. The first-order valence-electron chi connectivity index (χ1n) is 6.93. The van der Waals surface area contributed by atoms with E-state index in [4.69, 9.17) is 5.11 Å². The van der Waals surface area contributed by atoms with E-state index >= 15 is 0 Å². The number of nitrogens with one attached hydrogen (secondary N) is 1. The fourth-order valence-electron chi connectivity index (χ4n) is 2.69. The van der Waals surface area contributed by atoms with Crippen LogP contribution < -0.4 is 10.2 Å². The van der Waals surface area contributed by atoms with Crippen molar-refractivity contribution >= 4 is 17.3 Å². The summed E-state index contributed by atoms with van der Waals surface area (Å²) >= 11 is 0. The maximum atomic E-state index is 11.6. The van der Waals surface area contributed by atoms with Gasteiger partial charge in [0, 0.05) is 38.4 Å². The number of anilines is 1. The van der Waals surface area contributed by atoms with Crippen molar-refractivity contribution in [3.63, 3.8) is 0 Å². The number of carbonyl (C=O) groups excluding carboxylic acids is 1. The van der Waals surface area contributed by atoms with E-state index in [9.17, 15) is 14.9 Å². The molecule has 0 bridgehead atoms. The number of amides is 1. The van der Waals surface area contributed by atoms with Crippen molar-refractivity contribution in [2.24, 2.45) is 5.92 Å². The molecule has 1 aromatic carbocycles. The number of benzene rings is 1. The van der Waals surface area contributed by atoms with E-state index in [0.29, 0.717) is 24.6 Å². The van der Waals surface area contributed by atoms with Gasteiger partial charge in [-0.1, -0.05) is 0 Å². The number of aliphatic hydroxyl groups is 1. The summed E-state index contributed by atoms with van der Waals surface area (Å²) in [5.41, 5.74) is 0.757. The molecule has 0 saturated carbocycles. The minimum absolute atomic E-state index is 0.0549. The lowest BCUT2D eigenvalue weighted by molar-refractivity contribution is -0.384. The molecule has 1 aromatic rings. The topological polar surface area (TPSA) is 95.7 Å². The third kappa shape index (κ3) is 3.30. The van der Waals surface area contributed by atoms with Crippen LogP contribution in [0.5, 0.6) is 0 Å². The summed E-state index contributed by atoms with van der Waals surface area (Å²) in [5.74, 6) is 0.0115. The molecule has 1 heterocycles. The first kappa shape index (κ1) is 15.2. The van der Waals surface area contributed by atoms with E-state index in [2.05, 4.69) is 5.32 Å². The fourth-order valence-corrected chi connectivity index (χ4v) is 2.69. The Bertz CT molecular complexity index is 547. The Morgan fingerprint density at radius 1 is 1.57 bits per heavy atom.